The molecule has 1 unspecified atom stereocenters. The Hall–Kier alpha value is -0.200. The van der Waals surface area contributed by atoms with Gasteiger partial charge in [-0.2, -0.15) is 12.6 Å². The molecule has 0 spiro atoms. The van der Waals surface area contributed by atoms with E-state index in [1.54, 1.807) is 0 Å². The molecule has 0 N–H and O–H groups in total. The lowest BCUT2D eigenvalue weighted by molar-refractivity contribution is 0.555. The van der Waals surface area contributed by atoms with Crippen LogP contribution in [0.5, 0.6) is 0 Å². The Morgan fingerprint density at radius 2 is 2.33 bits per heavy atom. The molecule has 1 atom stereocenters. The minimum atomic E-state index is 0.205. The second-order valence-electron chi connectivity index (χ2n) is 2.39. The van der Waals surface area contributed by atoms with Gasteiger partial charge in [0.25, 0.3) is 0 Å². The fourth-order valence-corrected chi connectivity index (χ4v) is 1.48. The molecule has 2 heteroatoms. The van der Waals surface area contributed by atoms with Gasteiger partial charge >= 0.3 is 0 Å². The molecule has 1 aliphatic rings. The monoisotopic (exact) mass is 142 g/mol. The van der Waals surface area contributed by atoms with E-state index in [9.17, 15) is 4.79 Å². The molecule has 0 aliphatic heterocycles. The van der Waals surface area contributed by atoms with E-state index in [4.69, 9.17) is 0 Å². The van der Waals surface area contributed by atoms with Gasteiger partial charge in [0, 0.05) is 10.8 Å². The summed E-state index contributed by atoms with van der Waals surface area (Å²) < 4.78 is 0. The molecule has 1 saturated carbocycles. The Morgan fingerprint density at radius 1 is 1.56 bits per heavy atom. The summed E-state index contributed by atoms with van der Waals surface area (Å²) in [6.07, 6.45) is 4.31. The van der Waals surface area contributed by atoms with Crippen molar-refractivity contribution in [3.05, 3.63) is 5.57 Å². The molecule has 50 valence electrons. The fraction of sp³-hybridized carbons (Fsp3) is 0.714. The number of rotatable bonds is 0. The van der Waals surface area contributed by atoms with Crippen molar-refractivity contribution in [2.45, 2.75) is 30.9 Å². The van der Waals surface area contributed by atoms with Gasteiger partial charge in [0.2, 0.25) is 0 Å². The third kappa shape index (κ3) is 1.60. The van der Waals surface area contributed by atoms with Gasteiger partial charge in [0.1, 0.15) is 5.94 Å². The van der Waals surface area contributed by atoms with Crippen LogP contribution in [0.15, 0.2) is 5.57 Å². The summed E-state index contributed by atoms with van der Waals surface area (Å²) in [7, 11) is 0. The van der Waals surface area contributed by atoms with Crippen LogP contribution in [-0.4, -0.2) is 11.2 Å². The zero-order valence-corrected chi connectivity index (χ0v) is 6.16. The van der Waals surface area contributed by atoms with Crippen molar-refractivity contribution in [2.75, 3.05) is 0 Å². The van der Waals surface area contributed by atoms with Crippen LogP contribution >= 0.6 is 12.6 Å². The van der Waals surface area contributed by atoms with Gasteiger partial charge in [-0.3, -0.25) is 0 Å². The van der Waals surface area contributed by atoms with Gasteiger partial charge < -0.3 is 0 Å². The van der Waals surface area contributed by atoms with Crippen molar-refractivity contribution in [1.82, 2.24) is 0 Å². The van der Waals surface area contributed by atoms with Crippen molar-refractivity contribution in [3.63, 3.8) is 0 Å². The Labute approximate surface area is 60.6 Å². The summed E-state index contributed by atoms with van der Waals surface area (Å²) in [6, 6.07) is 0. The maximum Gasteiger partial charge on any atom is 0.124 e. The highest BCUT2D eigenvalue weighted by molar-refractivity contribution is 7.81. The van der Waals surface area contributed by atoms with E-state index in [2.05, 4.69) is 12.6 Å². The molecule has 0 heterocycles. The third-order valence-corrected chi connectivity index (χ3v) is 2.28. The van der Waals surface area contributed by atoms with E-state index in [0.717, 1.165) is 24.8 Å². The first kappa shape index (κ1) is 6.91. The quantitative estimate of drug-likeness (QED) is 0.402. The standard InChI is InChI=1S/C7H10OS/c8-5-6-3-1-2-4-7(6)9/h7,9H,1-4H2. The Balaban J connectivity index is 2.59. The number of hydrogen-bond donors (Lipinski definition) is 1. The lowest BCUT2D eigenvalue weighted by Crippen LogP contribution is -2.09. The molecule has 0 aromatic heterocycles. The molecule has 0 saturated heterocycles. The van der Waals surface area contributed by atoms with Gasteiger partial charge in [0.15, 0.2) is 0 Å². The normalized spacial score (nSPS) is 27.7. The van der Waals surface area contributed by atoms with Gasteiger partial charge in [-0.1, -0.05) is 6.42 Å². The Morgan fingerprint density at radius 3 is 2.78 bits per heavy atom. The van der Waals surface area contributed by atoms with Gasteiger partial charge in [-0.05, 0) is 19.3 Å². The maximum absolute atomic E-state index is 10.2. The Kier molecular flexibility index (Phi) is 2.38. The first-order chi connectivity index (χ1) is 4.34. The SMILES string of the molecule is O=C=C1CCCCC1S. The molecular formula is C7H10OS. The predicted octanol–water partition coefficient (Wildman–Crippen LogP) is 1.62. The van der Waals surface area contributed by atoms with Crippen molar-refractivity contribution in [2.24, 2.45) is 0 Å². The van der Waals surface area contributed by atoms with E-state index >= 15 is 0 Å². The molecule has 1 aliphatic carbocycles. The van der Waals surface area contributed by atoms with Crippen LogP contribution in [0.25, 0.3) is 0 Å². The van der Waals surface area contributed by atoms with Gasteiger partial charge in [-0.25, -0.2) is 4.79 Å². The van der Waals surface area contributed by atoms with Crippen LogP contribution in [0.1, 0.15) is 25.7 Å². The van der Waals surface area contributed by atoms with Crippen molar-refractivity contribution in [1.29, 1.82) is 0 Å². The molecule has 0 aromatic carbocycles. The second kappa shape index (κ2) is 3.09. The van der Waals surface area contributed by atoms with E-state index in [1.807, 2.05) is 5.94 Å². The van der Waals surface area contributed by atoms with E-state index < -0.39 is 0 Å². The molecule has 1 nitrogen and oxygen atoms in total. The summed E-state index contributed by atoms with van der Waals surface area (Å²) in [6.45, 7) is 0. The zero-order valence-electron chi connectivity index (χ0n) is 5.26. The van der Waals surface area contributed by atoms with Crippen LogP contribution in [-0.2, 0) is 4.79 Å². The van der Waals surface area contributed by atoms with Crippen LogP contribution in [0.3, 0.4) is 0 Å². The fourth-order valence-electron chi connectivity index (χ4n) is 1.11. The highest BCUT2D eigenvalue weighted by atomic mass is 32.1. The van der Waals surface area contributed by atoms with Crippen LogP contribution in [0, 0.1) is 0 Å². The first-order valence-corrected chi connectivity index (χ1v) is 3.78. The lowest BCUT2D eigenvalue weighted by atomic mass is 9.96. The number of carbonyl (C=O) groups excluding carboxylic acids is 1. The molecule has 0 amide bonds. The molecule has 0 aromatic rings. The lowest BCUT2D eigenvalue weighted by Gasteiger charge is -2.16. The van der Waals surface area contributed by atoms with Crippen LogP contribution in [0.2, 0.25) is 0 Å². The number of hydrogen-bond acceptors (Lipinski definition) is 2. The summed E-state index contributed by atoms with van der Waals surface area (Å²) >= 11 is 4.24. The average molecular weight is 142 g/mol. The molecule has 1 rings (SSSR count). The summed E-state index contributed by atoms with van der Waals surface area (Å²) in [4.78, 5) is 10.2. The third-order valence-electron chi connectivity index (χ3n) is 1.71. The molecular weight excluding hydrogens is 132 g/mol. The van der Waals surface area contributed by atoms with Crippen molar-refractivity contribution < 1.29 is 4.79 Å². The van der Waals surface area contributed by atoms with Crippen LogP contribution in [0.4, 0.5) is 0 Å². The predicted molar refractivity (Wildman–Crippen MR) is 40.4 cm³/mol. The number of thiol groups is 1. The Bertz CT molecular complexity index is 147. The zero-order chi connectivity index (χ0) is 6.69. The van der Waals surface area contributed by atoms with E-state index in [1.165, 1.54) is 6.42 Å². The molecule has 1 fully saturated rings. The largest absolute Gasteiger partial charge is 0.234 e. The summed E-state index contributed by atoms with van der Waals surface area (Å²) in [5, 5.41) is 0.205. The van der Waals surface area contributed by atoms with E-state index in [0.29, 0.717) is 0 Å². The van der Waals surface area contributed by atoms with E-state index in [-0.39, 0.29) is 5.25 Å². The minimum Gasteiger partial charge on any atom is -0.234 e. The highest BCUT2D eigenvalue weighted by Crippen LogP contribution is 2.25. The first-order valence-electron chi connectivity index (χ1n) is 3.26. The van der Waals surface area contributed by atoms with Crippen molar-refractivity contribution >= 4 is 18.6 Å². The summed E-state index contributed by atoms with van der Waals surface area (Å²) in [5.74, 6) is 1.94. The van der Waals surface area contributed by atoms with Crippen LogP contribution < -0.4 is 0 Å². The smallest absolute Gasteiger partial charge is 0.124 e. The average Bonchev–Trinajstić information content (AvgIpc) is 1.89. The molecule has 0 bridgehead atoms. The highest BCUT2D eigenvalue weighted by Gasteiger charge is 2.14. The van der Waals surface area contributed by atoms with Gasteiger partial charge in [-0.15, -0.1) is 0 Å². The maximum atomic E-state index is 10.2. The molecule has 0 radical (unpaired) electrons. The molecule has 9 heavy (non-hydrogen) atoms. The summed E-state index contributed by atoms with van der Waals surface area (Å²) in [5.41, 5.74) is 0.865. The van der Waals surface area contributed by atoms with Gasteiger partial charge in [0.05, 0.1) is 0 Å². The minimum absolute atomic E-state index is 0.205. The van der Waals surface area contributed by atoms with Crippen molar-refractivity contribution in [3.8, 4) is 0 Å². The topological polar surface area (TPSA) is 17.1 Å². The second-order valence-corrected chi connectivity index (χ2v) is 3.01.